The normalized spacial score (nSPS) is 12.0. The van der Waals surface area contributed by atoms with Gasteiger partial charge in [0.25, 0.3) is 0 Å². The largest absolute Gasteiger partial charge is 0.307 e. The molecule has 0 amide bonds. The van der Waals surface area contributed by atoms with E-state index in [0.717, 1.165) is 94.1 Å². The second-order valence-corrected chi connectivity index (χ2v) is 17.9. The molecule has 0 N–H and O–H groups in total. The molecule has 0 saturated carbocycles. The van der Waals surface area contributed by atoms with Gasteiger partial charge in [0, 0.05) is 59.9 Å². The Bertz CT molecular complexity index is 4520. The Kier molecular flexibility index (Phi) is 8.20. The molecule has 0 aliphatic carbocycles. The topological polar surface area (TPSA) is 71.3 Å². The van der Waals surface area contributed by atoms with E-state index in [1.165, 1.54) is 21.5 Å². The minimum absolute atomic E-state index is 0.558. The Balaban J connectivity index is 0.992. The fraction of sp³-hybridized carbons (Fsp3) is 0. The van der Waals surface area contributed by atoms with Crippen molar-refractivity contribution in [1.29, 1.82) is 0 Å². The van der Waals surface area contributed by atoms with Crippen molar-refractivity contribution >= 4 is 87.2 Å². The van der Waals surface area contributed by atoms with Gasteiger partial charge < -0.3 is 4.57 Å². The van der Waals surface area contributed by atoms with Gasteiger partial charge in [-0.1, -0.05) is 170 Å². The quantitative estimate of drug-likeness (QED) is 0.167. The molecule has 0 fully saturated rings. The molecule has 0 atom stereocenters. The van der Waals surface area contributed by atoms with Crippen LogP contribution in [0.3, 0.4) is 0 Å². The van der Waals surface area contributed by atoms with Gasteiger partial charge in [-0.2, -0.15) is 9.97 Å². The first kappa shape index (κ1) is 38.4. The second kappa shape index (κ2) is 14.9. The van der Waals surface area contributed by atoms with Gasteiger partial charge in [-0.25, -0.2) is 9.97 Å². The van der Waals surface area contributed by atoms with Crippen LogP contribution in [0, 0.1) is 0 Å². The Morgan fingerprint density at radius 1 is 0.243 bits per heavy atom. The summed E-state index contributed by atoms with van der Waals surface area (Å²) < 4.78 is 9.32. The maximum absolute atomic E-state index is 5.68. The molecule has 8 heteroatoms. The summed E-state index contributed by atoms with van der Waals surface area (Å²) in [5, 5.41) is 9.18. The number of fused-ring (bicyclic) bond motifs is 13. The third-order valence-corrected chi connectivity index (χ3v) is 14.0. The number of benzene rings is 9. The van der Waals surface area contributed by atoms with E-state index in [9.17, 15) is 0 Å². The molecule has 0 bridgehead atoms. The molecule has 9 aromatic carbocycles. The monoisotopic (exact) mass is 894 g/mol. The fourth-order valence-electron chi connectivity index (χ4n) is 11.0. The van der Waals surface area contributed by atoms with E-state index in [0.29, 0.717) is 17.6 Å². The van der Waals surface area contributed by atoms with Crippen molar-refractivity contribution in [1.82, 2.24) is 38.2 Å². The number of rotatable bonds is 6. The van der Waals surface area contributed by atoms with Gasteiger partial charge >= 0.3 is 0 Å². The summed E-state index contributed by atoms with van der Waals surface area (Å²) in [6.07, 6.45) is 0. The molecular formula is C62H38N8. The van der Waals surface area contributed by atoms with Gasteiger partial charge in [-0.05, 0) is 60.7 Å². The lowest BCUT2D eigenvalue weighted by Gasteiger charge is -2.14. The number of pyridine rings is 1. The van der Waals surface area contributed by atoms with Crippen LogP contribution in [0.2, 0.25) is 0 Å². The summed E-state index contributed by atoms with van der Waals surface area (Å²) >= 11 is 0. The molecule has 0 aliphatic heterocycles. The Morgan fingerprint density at radius 2 is 0.643 bits per heavy atom. The van der Waals surface area contributed by atoms with E-state index in [1.807, 2.05) is 60.7 Å². The maximum atomic E-state index is 5.68. The average Bonchev–Trinajstić information content (AvgIpc) is 4.16. The highest BCUT2D eigenvalue weighted by Crippen LogP contribution is 2.43. The van der Waals surface area contributed by atoms with Gasteiger partial charge in [0.2, 0.25) is 5.95 Å². The summed E-state index contributed by atoms with van der Waals surface area (Å²) in [6.45, 7) is 0. The lowest BCUT2D eigenvalue weighted by molar-refractivity contribution is 0.954. The highest BCUT2D eigenvalue weighted by Gasteiger charge is 2.24. The average molecular weight is 895 g/mol. The van der Waals surface area contributed by atoms with Gasteiger partial charge in [0.15, 0.2) is 11.6 Å². The molecule has 6 aromatic heterocycles. The fourth-order valence-corrected chi connectivity index (χ4v) is 11.0. The van der Waals surface area contributed by atoms with Crippen LogP contribution in [-0.4, -0.2) is 38.2 Å². The van der Waals surface area contributed by atoms with Crippen molar-refractivity contribution in [3.63, 3.8) is 0 Å². The van der Waals surface area contributed by atoms with E-state index in [1.54, 1.807) is 0 Å². The first-order valence-corrected chi connectivity index (χ1v) is 23.6. The van der Waals surface area contributed by atoms with Crippen molar-refractivity contribution in [3.05, 3.63) is 231 Å². The third kappa shape index (κ3) is 5.58. The van der Waals surface area contributed by atoms with Crippen LogP contribution in [0.5, 0.6) is 0 Å². The van der Waals surface area contributed by atoms with Gasteiger partial charge in [0.05, 0.1) is 44.1 Å². The van der Waals surface area contributed by atoms with Crippen LogP contribution in [0.15, 0.2) is 231 Å². The second-order valence-electron chi connectivity index (χ2n) is 17.9. The summed E-state index contributed by atoms with van der Waals surface area (Å²) in [7, 11) is 0. The minimum atomic E-state index is 0.558. The van der Waals surface area contributed by atoms with Crippen molar-refractivity contribution in [3.8, 4) is 46.0 Å². The summed E-state index contributed by atoms with van der Waals surface area (Å²) in [5.74, 6) is 3.45. The van der Waals surface area contributed by atoms with Crippen LogP contribution >= 0.6 is 0 Å². The Labute approximate surface area is 400 Å². The lowest BCUT2D eigenvalue weighted by Crippen LogP contribution is -2.06. The first-order chi connectivity index (χ1) is 34.7. The van der Waals surface area contributed by atoms with E-state index >= 15 is 0 Å². The van der Waals surface area contributed by atoms with Crippen molar-refractivity contribution in [2.24, 2.45) is 0 Å². The summed E-state index contributed by atoms with van der Waals surface area (Å²) in [6, 6.07) is 81.3. The molecule has 8 nitrogen and oxygen atoms in total. The van der Waals surface area contributed by atoms with Crippen LogP contribution < -0.4 is 0 Å². The minimum Gasteiger partial charge on any atom is -0.307 e. The summed E-state index contributed by atoms with van der Waals surface area (Å²) in [5.41, 5.74) is 11.6. The molecule has 70 heavy (non-hydrogen) atoms. The molecular weight excluding hydrogens is 857 g/mol. The first-order valence-electron chi connectivity index (χ1n) is 23.6. The molecule has 0 unspecified atom stereocenters. The van der Waals surface area contributed by atoms with E-state index < -0.39 is 0 Å². The number of hydrogen-bond acceptors (Lipinski definition) is 4. The van der Waals surface area contributed by atoms with E-state index in [4.69, 9.17) is 19.9 Å². The number of para-hydroxylation sites is 5. The molecule has 15 rings (SSSR count). The van der Waals surface area contributed by atoms with Crippen LogP contribution in [0.4, 0.5) is 0 Å². The Morgan fingerprint density at radius 3 is 1.19 bits per heavy atom. The standard InChI is InChI=1S/C62H38N8/c1-4-19-39(20-5-1)60-64-61(40-21-6-2-7-22-40)66-62(65-60)69-52-31-16-13-28-45(52)49-37-54-48(38-55(49)69)44-27-12-15-30-51(44)68(54)56-33-18-34-57(63-56)70-53-32-17-11-26-43(53)47-36-35-46-42-25-10-14-29-50(42)67(58(46)59(47)70)41-23-8-3-9-24-41/h1-38H. The molecule has 0 spiro atoms. The zero-order valence-corrected chi connectivity index (χ0v) is 37.5. The molecule has 326 valence electrons. The van der Waals surface area contributed by atoms with Crippen LogP contribution in [0.1, 0.15) is 0 Å². The van der Waals surface area contributed by atoms with Crippen LogP contribution in [-0.2, 0) is 0 Å². The molecule has 0 radical (unpaired) electrons. The predicted molar refractivity (Wildman–Crippen MR) is 286 cm³/mol. The van der Waals surface area contributed by atoms with Gasteiger partial charge in [-0.15, -0.1) is 0 Å². The van der Waals surface area contributed by atoms with Crippen molar-refractivity contribution in [2.45, 2.75) is 0 Å². The Hall–Kier alpha value is -9.66. The highest BCUT2D eigenvalue weighted by atomic mass is 15.2. The maximum Gasteiger partial charge on any atom is 0.238 e. The molecule has 15 aromatic rings. The zero-order valence-electron chi connectivity index (χ0n) is 37.5. The number of nitrogens with zero attached hydrogens (tertiary/aromatic N) is 8. The van der Waals surface area contributed by atoms with Gasteiger partial charge in [0.1, 0.15) is 11.6 Å². The van der Waals surface area contributed by atoms with E-state index in [2.05, 4.69) is 188 Å². The zero-order chi connectivity index (χ0) is 45.9. The SMILES string of the molecule is c1ccc(-c2nc(-c3ccccc3)nc(-n3c4ccccc4c4cc5c(cc43)c3ccccc3n5-c3cccc(-n4c5ccccc5c5ccc6c7ccccc7n(-c7ccccc7)c6c54)n3)n2)cc1. The van der Waals surface area contributed by atoms with Crippen molar-refractivity contribution in [2.75, 3.05) is 0 Å². The summed E-state index contributed by atoms with van der Waals surface area (Å²) in [4.78, 5) is 21.1. The third-order valence-electron chi connectivity index (χ3n) is 14.0. The number of hydrogen-bond donors (Lipinski definition) is 0. The highest BCUT2D eigenvalue weighted by molar-refractivity contribution is 6.24. The van der Waals surface area contributed by atoms with E-state index in [-0.39, 0.29) is 0 Å². The van der Waals surface area contributed by atoms with Crippen molar-refractivity contribution < 1.29 is 0 Å². The van der Waals surface area contributed by atoms with Crippen LogP contribution in [0.25, 0.3) is 133 Å². The molecule has 0 aliphatic rings. The van der Waals surface area contributed by atoms with Gasteiger partial charge in [-0.3, -0.25) is 13.7 Å². The lowest BCUT2D eigenvalue weighted by atomic mass is 10.1. The smallest absolute Gasteiger partial charge is 0.238 e. The molecule has 6 heterocycles. The number of aromatic nitrogens is 8. The molecule has 0 saturated heterocycles. The predicted octanol–water partition coefficient (Wildman–Crippen LogP) is 15.0.